The number of ether oxygens (including phenoxy) is 1. The molecule has 1 aliphatic heterocycles. The summed E-state index contributed by atoms with van der Waals surface area (Å²) in [4.78, 5) is 40.4. The molecule has 3 amide bonds. The normalized spacial score (nSPS) is 14.4. The maximum Gasteiger partial charge on any atom is 0.573 e. The van der Waals surface area contributed by atoms with Crippen LogP contribution >= 0.6 is 11.8 Å². The van der Waals surface area contributed by atoms with Crippen molar-refractivity contribution in [3.05, 3.63) is 89.7 Å². The number of thioether (sulfide) groups is 1. The summed E-state index contributed by atoms with van der Waals surface area (Å²) in [7, 11) is 0. The summed E-state index contributed by atoms with van der Waals surface area (Å²) in [5.41, 5.74) is 7.23. The van der Waals surface area contributed by atoms with Crippen molar-refractivity contribution < 1.29 is 32.3 Å². The molecule has 1 saturated heterocycles. The SMILES string of the molecule is Cc1ccc(C(C)C)c(N2C(=O)CSC2=NC(=O)NOCCc2ccc(-c3ncn(-c4ccc(OC(F)(F)F)cc4)n3)cc2)c1. The van der Waals surface area contributed by atoms with Crippen LogP contribution in [0.1, 0.15) is 36.5 Å². The first-order chi connectivity index (χ1) is 21.5. The van der Waals surface area contributed by atoms with Gasteiger partial charge in [0.2, 0.25) is 5.91 Å². The zero-order valence-corrected chi connectivity index (χ0v) is 25.4. The van der Waals surface area contributed by atoms with Crippen LogP contribution in [-0.2, 0) is 16.1 Å². The van der Waals surface area contributed by atoms with Gasteiger partial charge in [0.25, 0.3) is 0 Å². The Bertz CT molecular complexity index is 1710. The molecule has 0 radical (unpaired) electrons. The molecule has 1 N–H and O–H groups in total. The van der Waals surface area contributed by atoms with E-state index in [1.807, 2.05) is 63.2 Å². The number of rotatable bonds is 9. The molecular formula is C31H29F3N6O4S. The minimum atomic E-state index is -4.76. The monoisotopic (exact) mass is 638 g/mol. The van der Waals surface area contributed by atoms with Crippen LogP contribution in [0.3, 0.4) is 0 Å². The fraction of sp³-hybridized carbons (Fsp3) is 0.258. The quantitative estimate of drug-likeness (QED) is 0.163. The standard InChI is InChI=1S/C31H29F3N6O4S/c1-19(2)25-13-4-20(3)16-26(25)40-27(41)17-45-30(40)36-29(42)38-43-15-14-21-5-7-22(8-6-21)28-35-18-39(37-28)23-9-11-24(12-10-23)44-31(32,33)34/h4-13,16,18-19H,14-15,17H2,1-3H3,(H,38,42). The Hall–Kier alpha value is -4.69. The van der Waals surface area contributed by atoms with E-state index < -0.39 is 12.4 Å². The van der Waals surface area contributed by atoms with Crippen molar-refractivity contribution in [2.75, 3.05) is 17.3 Å². The Balaban J connectivity index is 1.13. The Morgan fingerprint density at radius 1 is 1.09 bits per heavy atom. The molecular weight excluding hydrogens is 609 g/mol. The average Bonchev–Trinajstić information content (AvgIpc) is 3.62. The van der Waals surface area contributed by atoms with E-state index >= 15 is 0 Å². The molecule has 1 fully saturated rings. The molecule has 0 bridgehead atoms. The number of nitrogens with one attached hydrogen (secondary N) is 1. The number of hydrogen-bond donors (Lipinski definition) is 1. The Kier molecular flexibility index (Phi) is 9.54. The van der Waals surface area contributed by atoms with Crippen molar-refractivity contribution in [3.63, 3.8) is 0 Å². The fourth-order valence-electron chi connectivity index (χ4n) is 4.55. The van der Waals surface area contributed by atoms with E-state index in [9.17, 15) is 22.8 Å². The highest BCUT2D eigenvalue weighted by molar-refractivity contribution is 8.15. The van der Waals surface area contributed by atoms with E-state index in [4.69, 9.17) is 4.84 Å². The lowest BCUT2D eigenvalue weighted by Gasteiger charge is -2.22. The number of halogens is 3. The van der Waals surface area contributed by atoms with Crippen LogP contribution in [0.25, 0.3) is 17.1 Å². The van der Waals surface area contributed by atoms with Gasteiger partial charge in [-0.3, -0.25) is 14.5 Å². The molecule has 0 unspecified atom stereocenters. The zero-order chi connectivity index (χ0) is 32.1. The number of hydroxylamine groups is 1. The number of alkyl halides is 3. The van der Waals surface area contributed by atoms with E-state index in [0.29, 0.717) is 23.1 Å². The number of aryl methyl sites for hydroxylation is 1. The highest BCUT2D eigenvalue weighted by atomic mass is 32.2. The first-order valence-corrected chi connectivity index (χ1v) is 14.9. The molecule has 2 heterocycles. The van der Waals surface area contributed by atoms with Crippen LogP contribution in [0.4, 0.5) is 23.7 Å². The Morgan fingerprint density at radius 3 is 2.51 bits per heavy atom. The predicted molar refractivity (Wildman–Crippen MR) is 164 cm³/mol. The second-order valence-electron chi connectivity index (χ2n) is 10.4. The highest BCUT2D eigenvalue weighted by Gasteiger charge is 2.33. The summed E-state index contributed by atoms with van der Waals surface area (Å²) in [6.07, 6.45) is -2.80. The number of aliphatic imine (C=N–C) groups is 1. The van der Waals surface area contributed by atoms with Crippen molar-refractivity contribution >= 4 is 34.6 Å². The van der Waals surface area contributed by atoms with Crippen molar-refractivity contribution in [1.82, 2.24) is 20.2 Å². The van der Waals surface area contributed by atoms with Gasteiger partial charge in [-0.2, -0.15) is 4.99 Å². The van der Waals surface area contributed by atoms with E-state index in [1.165, 1.54) is 51.9 Å². The lowest BCUT2D eigenvalue weighted by atomic mass is 9.99. The lowest BCUT2D eigenvalue weighted by Crippen LogP contribution is -2.32. The maximum absolute atomic E-state index is 12.7. The van der Waals surface area contributed by atoms with Gasteiger partial charge in [-0.05, 0) is 66.3 Å². The number of carbonyl (C=O) groups is 2. The van der Waals surface area contributed by atoms with Gasteiger partial charge in [-0.1, -0.05) is 62.0 Å². The van der Waals surface area contributed by atoms with Gasteiger partial charge in [0.1, 0.15) is 12.1 Å². The largest absolute Gasteiger partial charge is 0.573 e. The predicted octanol–water partition coefficient (Wildman–Crippen LogP) is 6.58. The summed E-state index contributed by atoms with van der Waals surface area (Å²) in [6, 6.07) is 17.9. The molecule has 5 rings (SSSR count). The van der Waals surface area contributed by atoms with Gasteiger partial charge in [-0.25, -0.2) is 19.9 Å². The van der Waals surface area contributed by atoms with Crippen molar-refractivity contribution in [1.29, 1.82) is 0 Å². The number of urea groups is 1. The maximum atomic E-state index is 12.7. The fourth-order valence-corrected chi connectivity index (χ4v) is 5.41. The Labute approximate surface area is 261 Å². The first-order valence-electron chi connectivity index (χ1n) is 13.9. The number of nitrogens with zero attached hydrogens (tertiary/aromatic N) is 5. The summed E-state index contributed by atoms with van der Waals surface area (Å²) < 4.78 is 42.5. The summed E-state index contributed by atoms with van der Waals surface area (Å²) in [5, 5.41) is 4.70. The van der Waals surface area contributed by atoms with Crippen molar-refractivity contribution in [2.45, 2.75) is 39.5 Å². The van der Waals surface area contributed by atoms with Crippen LogP contribution < -0.4 is 15.1 Å². The molecule has 10 nitrogen and oxygen atoms in total. The second-order valence-corrected chi connectivity index (χ2v) is 11.3. The van der Waals surface area contributed by atoms with Crippen LogP contribution in [-0.4, -0.2) is 50.6 Å². The number of aromatic nitrogens is 3. The van der Waals surface area contributed by atoms with E-state index in [0.717, 1.165) is 27.9 Å². The first kappa shape index (κ1) is 31.7. The van der Waals surface area contributed by atoms with Gasteiger partial charge >= 0.3 is 12.4 Å². The van der Waals surface area contributed by atoms with Crippen molar-refractivity contribution in [2.24, 2.45) is 4.99 Å². The number of benzene rings is 3. The topological polar surface area (TPSA) is 111 Å². The third-order valence-corrected chi connectivity index (χ3v) is 7.63. The highest BCUT2D eigenvalue weighted by Crippen LogP contribution is 2.34. The summed E-state index contributed by atoms with van der Waals surface area (Å²) >= 11 is 1.20. The summed E-state index contributed by atoms with van der Waals surface area (Å²) in [5.74, 6) is 0.338. The van der Waals surface area contributed by atoms with Crippen LogP contribution in [0, 0.1) is 6.92 Å². The van der Waals surface area contributed by atoms with Crippen LogP contribution in [0.2, 0.25) is 0 Å². The van der Waals surface area contributed by atoms with Gasteiger partial charge in [0.05, 0.1) is 23.7 Å². The van der Waals surface area contributed by atoms with E-state index in [-0.39, 0.29) is 29.9 Å². The molecule has 234 valence electrons. The molecule has 0 atom stereocenters. The third kappa shape index (κ3) is 8.08. The molecule has 3 aromatic carbocycles. The molecule has 1 aliphatic rings. The Morgan fingerprint density at radius 2 is 1.82 bits per heavy atom. The number of amides is 3. The van der Waals surface area contributed by atoms with Gasteiger partial charge < -0.3 is 4.74 Å². The second kappa shape index (κ2) is 13.5. The minimum Gasteiger partial charge on any atom is -0.406 e. The van der Waals surface area contributed by atoms with Crippen LogP contribution in [0.5, 0.6) is 5.75 Å². The lowest BCUT2D eigenvalue weighted by molar-refractivity contribution is -0.274. The molecule has 0 aliphatic carbocycles. The summed E-state index contributed by atoms with van der Waals surface area (Å²) in [6.45, 7) is 6.22. The number of amidine groups is 1. The zero-order valence-electron chi connectivity index (χ0n) is 24.5. The molecule has 4 aromatic rings. The van der Waals surface area contributed by atoms with Gasteiger partial charge in [0, 0.05) is 5.56 Å². The third-order valence-electron chi connectivity index (χ3n) is 6.70. The molecule has 1 aromatic heterocycles. The average molecular weight is 639 g/mol. The van der Waals surface area contributed by atoms with Gasteiger partial charge in [0.15, 0.2) is 11.0 Å². The number of hydrogen-bond acceptors (Lipinski definition) is 7. The minimum absolute atomic E-state index is 0.140. The van der Waals surface area contributed by atoms with Gasteiger partial charge in [-0.15, -0.1) is 18.3 Å². The molecule has 0 spiro atoms. The van der Waals surface area contributed by atoms with Crippen LogP contribution in [0.15, 0.2) is 78.0 Å². The molecule has 0 saturated carbocycles. The molecule has 14 heteroatoms. The smallest absolute Gasteiger partial charge is 0.406 e. The number of anilines is 1. The van der Waals surface area contributed by atoms with Crippen molar-refractivity contribution in [3.8, 4) is 22.8 Å². The van der Waals surface area contributed by atoms with E-state index in [2.05, 4.69) is 25.3 Å². The number of carbonyl (C=O) groups excluding carboxylic acids is 2. The molecule has 45 heavy (non-hydrogen) atoms. The van der Waals surface area contributed by atoms with E-state index in [1.54, 1.807) is 0 Å².